The van der Waals surface area contributed by atoms with Crippen LogP contribution in [0.25, 0.3) is 10.9 Å². The van der Waals surface area contributed by atoms with Crippen LogP contribution < -0.4 is 0 Å². The zero-order valence-electron chi connectivity index (χ0n) is 17.2. The van der Waals surface area contributed by atoms with Crippen LogP contribution in [0.5, 0.6) is 0 Å². The van der Waals surface area contributed by atoms with Gasteiger partial charge in [0, 0.05) is 5.92 Å². The average Bonchev–Trinajstić information content (AvgIpc) is 3.38. The van der Waals surface area contributed by atoms with Crippen LogP contribution in [0.1, 0.15) is 22.3 Å². The molecule has 0 aromatic heterocycles. The summed E-state index contributed by atoms with van der Waals surface area (Å²) in [4.78, 5) is 0. The van der Waals surface area contributed by atoms with Crippen molar-refractivity contribution in [2.24, 2.45) is 5.92 Å². The van der Waals surface area contributed by atoms with E-state index in [0.29, 0.717) is 5.92 Å². The van der Waals surface area contributed by atoms with Crippen molar-refractivity contribution in [3.05, 3.63) is 155 Å². The van der Waals surface area contributed by atoms with Crippen LogP contribution in [0, 0.1) is 5.92 Å². The van der Waals surface area contributed by atoms with E-state index in [0.717, 1.165) is 0 Å². The summed E-state index contributed by atoms with van der Waals surface area (Å²) in [5.74, 6) is 2.93. The fraction of sp³-hybridized carbons (Fsp3) is 0.0667. The highest BCUT2D eigenvalue weighted by Gasteiger charge is 2.57. The van der Waals surface area contributed by atoms with Crippen molar-refractivity contribution in [1.82, 2.24) is 0 Å². The first-order valence-corrected chi connectivity index (χ1v) is 12.2. The van der Waals surface area contributed by atoms with E-state index in [1.807, 2.05) is 0 Å². The fourth-order valence-corrected chi connectivity index (χ4v) is 8.74. The molecule has 0 radical (unpaired) electrons. The quantitative estimate of drug-likeness (QED) is 0.296. The first-order valence-electron chi connectivity index (χ1n) is 10.8. The molecule has 148 valence electrons. The van der Waals surface area contributed by atoms with E-state index in [1.54, 1.807) is 0 Å². The Hall–Kier alpha value is -3.21. The van der Waals surface area contributed by atoms with Gasteiger partial charge in [0.1, 0.15) is 0 Å². The largest absolute Gasteiger partial charge is 0.0667 e. The van der Waals surface area contributed by atoms with Gasteiger partial charge in [0.05, 0.1) is 5.16 Å². The van der Waals surface area contributed by atoms with Gasteiger partial charge in [0.15, 0.2) is 0 Å². The first-order chi connectivity index (χ1) is 15.4. The molecule has 1 heteroatoms. The van der Waals surface area contributed by atoms with Gasteiger partial charge in [-0.1, -0.05) is 133 Å². The van der Waals surface area contributed by atoms with Crippen molar-refractivity contribution in [1.29, 1.82) is 0 Å². The van der Waals surface area contributed by atoms with Crippen LogP contribution in [-0.4, -0.2) is 0 Å². The maximum Gasteiger partial charge on any atom is 0.0581 e. The summed E-state index contributed by atoms with van der Waals surface area (Å²) in [6, 6.07) is 44.3. The van der Waals surface area contributed by atoms with Gasteiger partial charge in [-0.05, 0) is 41.1 Å². The molecule has 2 atom stereocenters. The van der Waals surface area contributed by atoms with Gasteiger partial charge in [-0.2, -0.15) is 0 Å². The summed E-state index contributed by atoms with van der Waals surface area (Å²) in [6.45, 7) is 0. The molecule has 0 N–H and O–H groups in total. The molecule has 2 aliphatic rings. The van der Waals surface area contributed by atoms with Crippen molar-refractivity contribution >= 4 is 18.8 Å². The molecule has 0 saturated heterocycles. The third-order valence-corrected chi connectivity index (χ3v) is 9.64. The molecule has 31 heavy (non-hydrogen) atoms. The predicted octanol–water partition coefficient (Wildman–Crippen LogP) is 8.14. The maximum atomic E-state index is 2.61. The van der Waals surface area contributed by atoms with Crippen molar-refractivity contribution in [2.45, 2.75) is 5.16 Å². The van der Waals surface area contributed by atoms with Crippen molar-refractivity contribution < 1.29 is 0 Å². The second kappa shape index (κ2) is 7.49. The molecule has 4 aromatic carbocycles. The van der Waals surface area contributed by atoms with Gasteiger partial charge in [-0.15, -0.1) is 0 Å². The summed E-state index contributed by atoms with van der Waals surface area (Å²) >= 11 is 0. The van der Waals surface area contributed by atoms with Crippen LogP contribution in [-0.2, 0) is 5.16 Å². The molecule has 0 fully saturated rings. The van der Waals surface area contributed by atoms with Gasteiger partial charge in [0.2, 0.25) is 0 Å². The molecule has 4 aromatic rings. The van der Waals surface area contributed by atoms with E-state index in [2.05, 4.69) is 133 Å². The highest BCUT2D eigenvalue weighted by atomic mass is 31.1. The Morgan fingerprint density at radius 3 is 1.48 bits per heavy atom. The Kier molecular flexibility index (Phi) is 4.48. The lowest BCUT2D eigenvalue weighted by atomic mass is 9.75. The highest BCUT2D eigenvalue weighted by molar-refractivity contribution is 7.73. The Balaban J connectivity index is 1.61. The molecular weight excluding hydrogens is 391 g/mol. The van der Waals surface area contributed by atoms with E-state index in [1.165, 1.54) is 33.1 Å². The lowest BCUT2D eigenvalue weighted by Gasteiger charge is -2.38. The SMILES string of the molecule is C1=C(c2ccccc2)C2C=C(c3ccccc3)P1C2(c1ccccc1)c1ccccc1. The third kappa shape index (κ3) is 2.79. The minimum Gasteiger partial charge on any atom is -0.0667 e. The molecule has 6 rings (SSSR count). The molecule has 0 saturated carbocycles. The molecule has 2 aliphatic heterocycles. The Labute approximate surface area is 185 Å². The van der Waals surface area contributed by atoms with Gasteiger partial charge < -0.3 is 0 Å². The summed E-state index contributed by atoms with van der Waals surface area (Å²) in [7, 11) is -0.573. The minimum atomic E-state index is -0.573. The minimum absolute atomic E-state index is 0.0613. The Morgan fingerprint density at radius 2 is 0.968 bits per heavy atom. The number of hydrogen-bond acceptors (Lipinski definition) is 0. The summed E-state index contributed by atoms with van der Waals surface area (Å²) in [6.07, 6.45) is 2.57. The van der Waals surface area contributed by atoms with Crippen molar-refractivity contribution in [2.75, 3.05) is 0 Å². The van der Waals surface area contributed by atoms with Crippen LogP contribution in [0.4, 0.5) is 0 Å². The predicted molar refractivity (Wildman–Crippen MR) is 133 cm³/mol. The topological polar surface area (TPSA) is 0 Å². The van der Waals surface area contributed by atoms with Crippen molar-refractivity contribution in [3.8, 4) is 0 Å². The number of fused-ring (bicyclic) bond motifs is 2. The number of benzene rings is 4. The van der Waals surface area contributed by atoms with Gasteiger partial charge >= 0.3 is 0 Å². The van der Waals surface area contributed by atoms with E-state index >= 15 is 0 Å². The zero-order chi connectivity index (χ0) is 20.7. The second-order valence-corrected chi connectivity index (χ2v) is 10.4. The molecule has 2 unspecified atom stereocenters. The lowest BCUT2D eigenvalue weighted by Crippen LogP contribution is -2.28. The monoisotopic (exact) mass is 414 g/mol. The lowest BCUT2D eigenvalue weighted by molar-refractivity contribution is 0.654. The van der Waals surface area contributed by atoms with E-state index in [9.17, 15) is 0 Å². The molecular formula is C30H23P. The normalized spacial score (nSPS) is 20.9. The number of hydrogen-bond donors (Lipinski definition) is 0. The van der Waals surface area contributed by atoms with E-state index in [4.69, 9.17) is 0 Å². The number of allylic oxidation sites excluding steroid dienone is 2. The Bertz CT molecular complexity index is 1150. The summed E-state index contributed by atoms with van der Waals surface area (Å²) < 4.78 is 0. The number of rotatable bonds is 4. The second-order valence-electron chi connectivity index (χ2n) is 8.21. The van der Waals surface area contributed by atoms with Crippen LogP contribution >= 0.6 is 7.92 Å². The van der Waals surface area contributed by atoms with Gasteiger partial charge in [-0.25, -0.2) is 0 Å². The van der Waals surface area contributed by atoms with E-state index in [-0.39, 0.29) is 5.16 Å². The average molecular weight is 414 g/mol. The maximum absolute atomic E-state index is 2.61. The standard InChI is InChI=1S/C30H23P/c1-5-13-23(14-6-1)27-22-31-29(24-15-7-2-8-16-24)21-28(27)30(31,25-17-9-3-10-18-25)26-19-11-4-12-20-26/h1-22,28H. The first kappa shape index (κ1) is 18.6. The third-order valence-electron chi connectivity index (χ3n) is 6.62. The van der Waals surface area contributed by atoms with Crippen molar-refractivity contribution in [3.63, 3.8) is 0 Å². The van der Waals surface area contributed by atoms with Gasteiger partial charge in [0.25, 0.3) is 0 Å². The summed E-state index contributed by atoms with van der Waals surface area (Å²) in [5, 5.41) is 1.45. The molecule has 0 amide bonds. The molecule has 0 nitrogen and oxygen atoms in total. The fourth-order valence-electron chi connectivity index (χ4n) is 5.32. The smallest absolute Gasteiger partial charge is 0.0581 e. The molecule has 0 aliphatic carbocycles. The molecule has 2 bridgehead atoms. The Morgan fingerprint density at radius 1 is 0.516 bits per heavy atom. The van der Waals surface area contributed by atoms with Crippen LogP contribution in [0.3, 0.4) is 0 Å². The van der Waals surface area contributed by atoms with E-state index < -0.39 is 7.92 Å². The van der Waals surface area contributed by atoms with Crippen LogP contribution in [0.2, 0.25) is 0 Å². The molecule has 2 heterocycles. The van der Waals surface area contributed by atoms with Crippen LogP contribution in [0.15, 0.2) is 133 Å². The summed E-state index contributed by atoms with van der Waals surface area (Å²) in [5.41, 5.74) is 7.01. The highest BCUT2D eigenvalue weighted by Crippen LogP contribution is 2.81. The molecule has 0 spiro atoms. The zero-order valence-corrected chi connectivity index (χ0v) is 18.1. The van der Waals surface area contributed by atoms with Gasteiger partial charge in [-0.3, -0.25) is 0 Å².